The van der Waals surface area contributed by atoms with Crippen molar-refractivity contribution in [2.45, 2.75) is 26.8 Å². The first kappa shape index (κ1) is 17.2. The first-order chi connectivity index (χ1) is 11.9. The zero-order valence-electron chi connectivity index (χ0n) is 14.2. The number of nitrogens with zero attached hydrogens (tertiary/aromatic N) is 2. The van der Waals surface area contributed by atoms with Crippen molar-refractivity contribution < 1.29 is 4.79 Å². The Balaban J connectivity index is 2.11. The van der Waals surface area contributed by atoms with Crippen LogP contribution in [0.1, 0.15) is 35.8 Å². The van der Waals surface area contributed by atoms with Crippen molar-refractivity contribution in [3.63, 3.8) is 0 Å². The van der Waals surface area contributed by atoms with Gasteiger partial charge in [-0.1, -0.05) is 17.7 Å². The van der Waals surface area contributed by atoms with Gasteiger partial charge in [0.15, 0.2) is 0 Å². The fourth-order valence-electron chi connectivity index (χ4n) is 2.64. The van der Waals surface area contributed by atoms with Crippen LogP contribution in [0.5, 0.6) is 0 Å². The average molecular weight is 356 g/mol. The van der Waals surface area contributed by atoms with Crippen molar-refractivity contribution in [3.05, 3.63) is 69.1 Å². The molecule has 1 amide bonds. The molecule has 0 bridgehead atoms. The molecular formula is C19H18ClN3O2. The van der Waals surface area contributed by atoms with Gasteiger partial charge in [-0.25, -0.2) is 4.98 Å². The Morgan fingerprint density at radius 2 is 2.00 bits per heavy atom. The highest BCUT2D eigenvalue weighted by molar-refractivity contribution is 6.31. The van der Waals surface area contributed by atoms with Gasteiger partial charge in [0.2, 0.25) is 5.43 Å². The highest BCUT2D eigenvalue weighted by Gasteiger charge is 2.17. The van der Waals surface area contributed by atoms with Crippen LogP contribution >= 0.6 is 11.6 Å². The highest BCUT2D eigenvalue weighted by atomic mass is 35.5. The lowest BCUT2D eigenvalue weighted by atomic mass is 10.1. The van der Waals surface area contributed by atoms with E-state index in [-0.39, 0.29) is 17.0 Å². The maximum Gasteiger partial charge on any atom is 0.262 e. The summed E-state index contributed by atoms with van der Waals surface area (Å²) in [5.74, 6) is -0.0880. The molecule has 0 radical (unpaired) electrons. The van der Waals surface area contributed by atoms with E-state index in [0.717, 1.165) is 11.1 Å². The molecule has 2 heterocycles. The molecule has 1 N–H and O–H groups in total. The summed E-state index contributed by atoms with van der Waals surface area (Å²) >= 11 is 6.04. The fourth-order valence-corrected chi connectivity index (χ4v) is 2.81. The van der Waals surface area contributed by atoms with Gasteiger partial charge in [0, 0.05) is 28.8 Å². The molecule has 2 aromatic heterocycles. The van der Waals surface area contributed by atoms with Crippen LogP contribution in [0.4, 0.5) is 5.82 Å². The van der Waals surface area contributed by atoms with Crippen molar-refractivity contribution in [2.24, 2.45) is 0 Å². The predicted molar refractivity (Wildman–Crippen MR) is 101 cm³/mol. The van der Waals surface area contributed by atoms with E-state index in [9.17, 15) is 9.59 Å². The minimum atomic E-state index is -0.488. The number of rotatable bonds is 3. The Kier molecular flexibility index (Phi) is 4.59. The third kappa shape index (κ3) is 3.42. The molecule has 5 nitrogen and oxygen atoms in total. The topological polar surface area (TPSA) is 64.0 Å². The number of halogens is 1. The summed E-state index contributed by atoms with van der Waals surface area (Å²) in [5, 5.41) is 3.55. The summed E-state index contributed by atoms with van der Waals surface area (Å²) in [4.78, 5) is 29.6. The zero-order valence-corrected chi connectivity index (χ0v) is 15.0. The van der Waals surface area contributed by atoms with Crippen LogP contribution in [0.15, 0.2) is 47.5 Å². The molecule has 0 aliphatic carbocycles. The van der Waals surface area contributed by atoms with Crippen LogP contribution in [-0.4, -0.2) is 15.5 Å². The molecule has 3 rings (SSSR count). The van der Waals surface area contributed by atoms with Crippen LogP contribution in [-0.2, 0) is 0 Å². The number of pyridine rings is 2. The van der Waals surface area contributed by atoms with Gasteiger partial charge in [0.1, 0.15) is 11.4 Å². The van der Waals surface area contributed by atoms with Gasteiger partial charge < -0.3 is 9.88 Å². The van der Waals surface area contributed by atoms with Crippen LogP contribution < -0.4 is 10.7 Å². The number of amides is 1. The Hall–Kier alpha value is -2.66. The van der Waals surface area contributed by atoms with Crippen molar-refractivity contribution in [2.75, 3.05) is 5.32 Å². The number of aromatic nitrogens is 2. The fraction of sp³-hybridized carbons (Fsp3) is 0.211. The quantitative estimate of drug-likeness (QED) is 0.766. The lowest BCUT2D eigenvalue weighted by Gasteiger charge is -2.16. The number of anilines is 1. The number of nitrogens with one attached hydrogen (secondary N) is 1. The minimum absolute atomic E-state index is 0.0610. The van der Waals surface area contributed by atoms with E-state index in [1.807, 2.05) is 31.4 Å². The molecule has 1 aromatic carbocycles. The van der Waals surface area contributed by atoms with Crippen molar-refractivity contribution in [1.29, 1.82) is 0 Å². The number of fused-ring (bicyclic) bond motifs is 1. The minimum Gasteiger partial charge on any atom is -0.344 e. The van der Waals surface area contributed by atoms with Gasteiger partial charge in [0.25, 0.3) is 5.91 Å². The third-order valence-electron chi connectivity index (χ3n) is 3.95. The maximum atomic E-state index is 12.8. The van der Waals surface area contributed by atoms with Gasteiger partial charge in [-0.05, 0) is 50.6 Å². The summed E-state index contributed by atoms with van der Waals surface area (Å²) in [5.41, 5.74) is 1.44. The first-order valence-corrected chi connectivity index (χ1v) is 8.33. The summed E-state index contributed by atoms with van der Waals surface area (Å²) in [6.07, 6.45) is 3.24. The number of carbonyl (C=O) groups excluding carboxylic acids is 1. The first-order valence-electron chi connectivity index (χ1n) is 7.95. The van der Waals surface area contributed by atoms with Gasteiger partial charge in [-0.3, -0.25) is 9.59 Å². The molecule has 0 saturated heterocycles. The summed E-state index contributed by atoms with van der Waals surface area (Å²) in [6, 6.07) is 8.74. The standard InChI is InChI=1S/C19H18ClN3O2/c1-11(2)23-10-15(18(24)14-8-13(20)5-6-16(14)23)19(25)22-17-7-4-12(3)9-21-17/h4-11H,1-3H3,(H,21,22,25). The number of carbonyl (C=O) groups is 1. The van der Waals surface area contributed by atoms with Gasteiger partial charge in [-0.15, -0.1) is 0 Å². The Bertz CT molecular complexity index is 1010. The summed E-state index contributed by atoms with van der Waals surface area (Å²) in [6.45, 7) is 5.89. The molecule has 0 spiro atoms. The molecule has 128 valence electrons. The molecule has 6 heteroatoms. The number of hydrogen-bond acceptors (Lipinski definition) is 3. The molecule has 0 unspecified atom stereocenters. The number of hydrogen-bond donors (Lipinski definition) is 1. The van der Waals surface area contributed by atoms with E-state index in [0.29, 0.717) is 16.2 Å². The Labute approximate surface area is 150 Å². The lowest BCUT2D eigenvalue weighted by molar-refractivity contribution is 0.102. The summed E-state index contributed by atoms with van der Waals surface area (Å²) < 4.78 is 1.89. The smallest absolute Gasteiger partial charge is 0.262 e. The molecule has 25 heavy (non-hydrogen) atoms. The molecule has 0 saturated carbocycles. The molecule has 0 aliphatic rings. The van der Waals surface area contributed by atoms with Gasteiger partial charge in [-0.2, -0.15) is 0 Å². The van der Waals surface area contributed by atoms with Crippen LogP contribution in [0.3, 0.4) is 0 Å². The Morgan fingerprint density at radius 1 is 1.24 bits per heavy atom. The van der Waals surface area contributed by atoms with E-state index in [2.05, 4.69) is 10.3 Å². The largest absolute Gasteiger partial charge is 0.344 e. The second-order valence-corrected chi connectivity index (χ2v) is 6.65. The third-order valence-corrected chi connectivity index (χ3v) is 4.18. The molecule has 0 fully saturated rings. The second kappa shape index (κ2) is 6.69. The van der Waals surface area contributed by atoms with Crippen molar-refractivity contribution in [3.8, 4) is 0 Å². The van der Waals surface area contributed by atoms with Gasteiger partial charge >= 0.3 is 0 Å². The van der Waals surface area contributed by atoms with E-state index in [1.165, 1.54) is 0 Å². The summed E-state index contributed by atoms with van der Waals surface area (Å²) in [7, 11) is 0. The molecule has 0 atom stereocenters. The second-order valence-electron chi connectivity index (χ2n) is 6.21. The van der Waals surface area contributed by atoms with E-state index in [4.69, 9.17) is 11.6 Å². The SMILES string of the molecule is Cc1ccc(NC(=O)c2cn(C(C)C)c3ccc(Cl)cc3c2=O)nc1. The molecule has 3 aromatic rings. The van der Waals surface area contributed by atoms with Crippen molar-refractivity contribution in [1.82, 2.24) is 9.55 Å². The van der Waals surface area contributed by atoms with Crippen LogP contribution in [0.25, 0.3) is 10.9 Å². The van der Waals surface area contributed by atoms with E-state index in [1.54, 1.807) is 36.7 Å². The lowest BCUT2D eigenvalue weighted by Crippen LogP contribution is -2.24. The average Bonchev–Trinajstić information content (AvgIpc) is 2.57. The predicted octanol–water partition coefficient (Wildman–Crippen LogP) is 4.19. The van der Waals surface area contributed by atoms with Crippen LogP contribution in [0, 0.1) is 6.92 Å². The van der Waals surface area contributed by atoms with Gasteiger partial charge in [0.05, 0.1) is 5.52 Å². The van der Waals surface area contributed by atoms with Crippen molar-refractivity contribution >= 4 is 34.2 Å². The maximum absolute atomic E-state index is 12.8. The molecular weight excluding hydrogens is 338 g/mol. The zero-order chi connectivity index (χ0) is 18.1. The van der Waals surface area contributed by atoms with E-state index < -0.39 is 5.91 Å². The molecule has 0 aliphatic heterocycles. The van der Waals surface area contributed by atoms with Crippen LogP contribution in [0.2, 0.25) is 5.02 Å². The number of benzene rings is 1. The number of aryl methyl sites for hydroxylation is 1. The monoisotopic (exact) mass is 355 g/mol. The highest BCUT2D eigenvalue weighted by Crippen LogP contribution is 2.21. The Morgan fingerprint density at radius 3 is 2.64 bits per heavy atom. The normalized spacial score (nSPS) is 11.1. The van der Waals surface area contributed by atoms with E-state index >= 15 is 0 Å².